The quantitative estimate of drug-likeness (QED) is 0.483. The van der Waals surface area contributed by atoms with Crippen molar-refractivity contribution < 1.29 is 18.0 Å². The van der Waals surface area contributed by atoms with Crippen molar-refractivity contribution >= 4 is 27.5 Å². The number of likely N-dealkylation sites (N-methyl/N-ethyl adjacent to an activating group) is 1. The lowest BCUT2D eigenvalue weighted by atomic mass is 10.1. The maximum Gasteiger partial charge on any atom is 0.264 e. The van der Waals surface area contributed by atoms with Crippen LogP contribution in [0.3, 0.4) is 0 Å². The van der Waals surface area contributed by atoms with Crippen molar-refractivity contribution in [2.24, 2.45) is 0 Å². The van der Waals surface area contributed by atoms with Gasteiger partial charge in [0, 0.05) is 13.6 Å². The monoisotopic (exact) mass is 479 g/mol. The van der Waals surface area contributed by atoms with Gasteiger partial charge < -0.3 is 10.2 Å². The maximum atomic E-state index is 13.7. The molecule has 0 aliphatic heterocycles. The van der Waals surface area contributed by atoms with Gasteiger partial charge in [0.2, 0.25) is 11.8 Å². The van der Waals surface area contributed by atoms with Gasteiger partial charge in [0.15, 0.2) is 0 Å². The molecule has 3 aromatic rings. The summed E-state index contributed by atoms with van der Waals surface area (Å²) in [4.78, 5) is 27.8. The summed E-state index contributed by atoms with van der Waals surface area (Å²) in [5.74, 6) is -0.772. The number of rotatable bonds is 10. The van der Waals surface area contributed by atoms with E-state index in [0.717, 1.165) is 9.87 Å². The Morgan fingerprint density at radius 2 is 1.38 bits per heavy atom. The standard InChI is InChI=1S/C26H29N3O4S/c1-3-24(26(31)27-2)28(19-21-13-7-4-8-14-21)25(30)20-29(22-15-9-5-10-16-22)34(32,33)23-17-11-6-12-18-23/h4-18,24H,3,19-20H2,1-2H3,(H,27,31)/t24-/m0/s1. The van der Waals surface area contributed by atoms with Crippen molar-refractivity contribution in [2.45, 2.75) is 30.8 Å². The number of hydrogen-bond acceptors (Lipinski definition) is 4. The molecule has 8 heteroatoms. The van der Waals surface area contributed by atoms with Crippen LogP contribution in [0.15, 0.2) is 95.9 Å². The van der Waals surface area contributed by atoms with Crippen LogP contribution < -0.4 is 9.62 Å². The highest BCUT2D eigenvalue weighted by atomic mass is 32.2. The summed E-state index contributed by atoms with van der Waals surface area (Å²) < 4.78 is 28.2. The van der Waals surface area contributed by atoms with Gasteiger partial charge in [-0.25, -0.2) is 8.42 Å². The van der Waals surface area contributed by atoms with Crippen LogP contribution in [0.25, 0.3) is 0 Å². The lowest BCUT2D eigenvalue weighted by Gasteiger charge is -2.33. The van der Waals surface area contributed by atoms with Gasteiger partial charge in [-0.3, -0.25) is 13.9 Å². The second kappa shape index (κ2) is 11.5. The first kappa shape index (κ1) is 25.0. The number of amides is 2. The molecule has 3 rings (SSSR count). The molecule has 1 atom stereocenters. The van der Waals surface area contributed by atoms with Crippen molar-refractivity contribution in [2.75, 3.05) is 17.9 Å². The molecule has 0 saturated heterocycles. The zero-order valence-electron chi connectivity index (χ0n) is 19.3. The van der Waals surface area contributed by atoms with Crippen molar-refractivity contribution in [3.63, 3.8) is 0 Å². The molecule has 3 aromatic carbocycles. The van der Waals surface area contributed by atoms with E-state index in [9.17, 15) is 18.0 Å². The molecule has 7 nitrogen and oxygen atoms in total. The smallest absolute Gasteiger partial charge is 0.264 e. The second-order valence-corrected chi connectivity index (χ2v) is 9.57. The molecule has 0 aliphatic carbocycles. The molecule has 0 unspecified atom stereocenters. The minimum Gasteiger partial charge on any atom is -0.357 e. The van der Waals surface area contributed by atoms with Crippen LogP contribution >= 0.6 is 0 Å². The van der Waals surface area contributed by atoms with Gasteiger partial charge in [0.25, 0.3) is 10.0 Å². The molecule has 34 heavy (non-hydrogen) atoms. The van der Waals surface area contributed by atoms with Gasteiger partial charge in [0.05, 0.1) is 10.6 Å². The van der Waals surface area contributed by atoms with Gasteiger partial charge in [-0.05, 0) is 36.2 Å². The van der Waals surface area contributed by atoms with Gasteiger partial charge in [-0.1, -0.05) is 73.7 Å². The molecule has 0 saturated carbocycles. The number of carbonyl (C=O) groups is 2. The maximum absolute atomic E-state index is 13.7. The van der Waals surface area contributed by atoms with Gasteiger partial charge in [-0.2, -0.15) is 0 Å². The number of nitrogens with one attached hydrogen (secondary N) is 1. The second-order valence-electron chi connectivity index (χ2n) is 7.71. The summed E-state index contributed by atoms with van der Waals surface area (Å²) in [7, 11) is -2.51. The molecule has 0 spiro atoms. The van der Waals surface area contributed by atoms with Crippen molar-refractivity contribution in [1.29, 1.82) is 0 Å². The van der Waals surface area contributed by atoms with E-state index in [2.05, 4.69) is 5.32 Å². The molecular weight excluding hydrogens is 450 g/mol. The molecule has 0 heterocycles. The molecule has 0 bridgehead atoms. The van der Waals surface area contributed by atoms with E-state index in [-0.39, 0.29) is 17.3 Å². The summed E-state index contributed by atoms with van der Waals surface area (Å²) in [6.45, 7) is 1.56. The zero-order chi connectivity index (χ0) is 24.6. The van der Waals surface area contributed by atoms with E-state index < -0.39 is 28.5 Å². The normalized spacial score (nSPS) is 11.9. The predicted octanol–water partition coefficient (Wildman–Crippen LogP) is 3.44. The van der Waals surface area contributed by atoms with Crippen molar-refractivity contribution in [1.82, 2.24) is 10.2 Å². The first-order valence-electron chi connectivity index (χ1n) is 11.1. The Balaban J connectivity index is 2.01. The fourth-order valence-electron chi connectivity index (χ4n) is 3.71. The van der Waals surface area contributed by atoms with Gasteiger partial charge >= 0.3 is 0 Å². The van der Waals surface area contributed by atoms with Crippen LogP contribution in [-0.2, 0) is 26.2 Å². The Morgan fingerprint density at radius 3 is 1.91 bits per heavy atom. The van der Waals surface area contributed by atoms with Crippen LogP contribution in [-0.4, -0.2) is 44.8 Å². The number of anilines is 1. The Hall–Kier alpha value is -3.65. The summed E-state index contributed by atoms with van der Waals surface area (Å²) in [5.41, 5.74) is 1.21. The average molecular weight is 480 g/mol. The zero-order valence-corrected chi connectivity index (χ0v) is 20.1. The first-order valence-corrected chi connectivity index (χ1v) is 12.5. The Kier molecular flexibility index (Phi) is 8.43. The number of nitrogens with zero attached hydrogens (tertiary/aromatic N) is 2. The summed E-state index contributed by atoms with van der Waals surface area (Å²) in [6.07, 6.45) is 0.384. The van der Waals surface area contributed by atoms with Gasteiger partial charge in [-0.15, -0.1) is 0 Å². The minimum atomic E-state index is -4.03. The first-order chi connectivity index (χ1) is 16.4. The molecule has 1 N–H and O–H groups in total. The number of benzene rings is 3. The lowest BCUT2D eigenvalue weighted by Crippen LogP contribution is -2.51. The van der Waals surface area contributed by atoms with E-state index in [1.54, 1.807) is 48.5 Å². The summed E-state index contributed by atoms with van der Waals surface area (Å²) >= 11 is 0. The Labute approximate surface area is 201 Å². The predicted molar refractivity (Wildman–Crippen MR) is 133 cm³/mol. The fraction of sp³-hybridized carbons (Fsp3) is 0.231. The third kappa shape index (κ3) is 5.82. The average Bonchev–Trinajstić information content (AvgIpc) is 2.88. The van der Waals surface area contributed by atoms with Crippen LogP contribution in [0, 0.1) is 0 Å². The largest absolute Gasteiger partial charge is 0.357 e. The third-order valence-electron chi connectivity index (χ3n) is 5.48. The topological polar surface area (TPSA) is 86.8 Å². The third-order valence-corrected chi connectivity index (χ3v) is 7.27. The highest BCUT2D eigenvalue weighted by molar-refractivity contribution is 7.92. The number of hydrogen-bond donors (Lipinski definition) is 1. The minimum absolute atomic E-state index is 0.0830. The number of carbonyl (C=O) groups excluding carboxylic acids is 2. The van der Waals surface area contributed by atoms with E-state index in [4.69, 9.17) is 0 Å². The molecule has 2 amide bonds. The van der Waals surface area contributed by atoms with Crippen LogP contribution in [0.1, 0.15) is 18.9 Å². The van der Waals surface area contributed by atoms with E-state index in [1.807, 2.05) is 37.3 Å². The van der Waals surface area contributed by atoms with Crippen molar-refractivity contribution in [3.8, 4) is 0 Å². The number of para-hydroxylation sites is 1. The molecular formula is C26H29N3O4S. The van der Waals surface area contributed by atoms with Gasteiger partial charge in [0.1, 0.15) is 12.6 Å². The highest BCUT2D eigenvalue weighted by Crippen LogP contribution is 2.24. The van der Waals surface area contributed by atoms with Crippen LogP contribution in [0.2, 0.25) is 0 Å². The lowest BCUT2D eigenvalue weighted by molar-refractivity contribution is -0.140. The van der Waals surface area contributed by atoms with E-state index in [0.29, 0.717) is 12.1 Å². The van der Waals surface area contributed by atoms with E-state index in [1.165, 1.54) is 24.1 Å². The highest BCUT2D eigenvalue weighted by Gasteiger charge is 2.33. The molecule has 0 aliphatic rings. The molecule has 0 aromatic heterocycles. The Bertz CT molecular complexity index is 1190. The molecule has 0 radical (unpaired) electrons. The SMILES string of the molecule is CC[C@@H](C(=O)NC)N(Cc1ccccc1)C(=O)CN(c1ccccc1)S(=O)(=O)c1ccccc1. The van der Waals surface area contributed by atoms with Crippen LogP contribution in [0.4, 0.5) is 5.69 Å². The Morgan fingerprint density at radius 1 is 0.853 bits per heavy atom. The van der Waals surface area contributed by atoms with E-state index >= 15 is 0 Å². The van der Waals surface area contributed by atoms with Crippen molar-refractivity contribution in [3.05, 3.63) is 96.6 Å². The fourth-order valence-corrected chi connectivity index (χ4v) is 5.14. The summed E-state index contributed by atoms with van der Waals surface area (Å²) in [6, 6.07) is 25.1. The molecule has 0 fully saturated rings. The molecule has 178 valence electrons. The summed E-state index contributed by atoms with van der Waals surface area (Å²) in [5, 5.41) is 2.61. The number of sulfonamides is 1. The van der Waals surface area contributed by atoms with Crippen LogP contribution in [0.5, 0.6) is 0 Å².